The predicted octanol–water partition coefficient (Wildman–Crippen LogP) is 3.38. The topological polar surface area (TPSA) is 69.7 Å². The fraction of sp³-hybridized carbons (Fsp3) is 0.409. The van der Waals surface area contributed by atoms with Crippen LogP contribution in [0.4, 0.5) is 5.69 Å². The normalized spacial score (nSPS) is 17.5. The monoisotopic (exact) mass is 449 g/mol. The van der Waals surface area contributed by atoms with Crippen LogP contribution in [0.5, 0.6) is 0 Å². The minimum absolute atomic E-state index is 0.0756. The van der Waals surface area contributed by atoms with Crippen LogP contribution >= 0.6 is 11.6 Å². The molecule has 1 heterocycles. The molecule has 0 aromatic heterocycles. The number of hydrogen-bond donors (Lipinski definition) is 1. The lowest BCUT2D eigenvalue weighted by Gasteiger charge is -2.31. The largest absolute Gasteiger partial charge is 0.375 e. The summed E-state index contributed by atoms with van der Waals surface area (Å²) in [5, 5.41) is 3.46. The predicted molar refractivity (Wildman–Crippen MR) is 120 cm³/mol. The summed E-state index contributed by atoms with van der Waals surface area (Å²) in [5.41, 5.74) is 1.14. The lowest BCUT2D eigenvalue weighted by Crippen LogP contribution is -2.45. The highest BCUT2D eigenvalue weighted by atomic mass is 35.5. The third kappa shape index (κ3) is 5.74. The molecule has 1 aliphatic heterocycles. The molecule has 2 aromatic rings. The fourth-order valence-electron chi connectivity index (χ4n) is 3.61. The number of benzene rings is 2. The number of sulfonamides is 1. The van der Waals surface area contributed by atoms with Gasteiger partial charge >= 0.3 is 0 Å². The first-order valence-corrected chi connectivity index (χ1v) is 12.0. The fourth-order valence-corrected chi connectivity index (χ4v) is 5.26. The van der Waals surface area contributed by atoms with E-state index in [1.54, 1.807) is 12.1 Å². The van der Waals surface area contributed by atoms with Crippen molar-refractivity contribution in [1.29, 1.82) is 0 Å². The van der Waals surface area contributed by atoms with Gasteiger partial charge in [-0.3, -0.25) is 4.79 Å². The van der Waals surface area contributed by atoms with Crippen LogP contribution in [0.15, 0.2) is 59.5 Å². The first-order chi connectivity index (χ1) is 14.4. The average molecular weight is 450 g/mol. The van der Waals surface area contributed by atoms with Crippen LogP contribution in [-0.4, -0.2) is 51.9 Å². The van der Waals surface area contributed by atoms with Crippen molar-refractivity contribution >= 4 is 33.2 Å². The Balaban J connectivity index is 1.49. The van der Waals surface area contributed by atoms with E-state index in [1.165, 1.54) is 16.4 Å². The van der Waals surface area contributed by atoms with Crippen molar-refractivity contribution in [2.75, 3.05) is 38.1 Å². The molecule has 1 atom stereocenters. The molecule has 2 aromatic carbocycles. The molecule has 0 spiro atoms. The Morgan fingerprint density at radius 2 is 1.87 bits per heavy atom. The van der Waals surface area contributed by atoms with Crippen LogP contribution in [-0.2, 0) is 14.8 Å². The van der Waals surface area contributed by atoms with Crippen LogP contribution < -0.4 is 10.2 Å². The third-order valence-electron chi connectivity index (χ3n) is 5.37. The van der Waals surface area contributed by atoms with E-state index in [4.69, 9.17) is 11.6 Å². The zero-order chi connectivity index (χ0) is 21.6. The number of carbonyl (C=O) groups excluding carboxylic acids is 1. The van der Waals surface area contributed by atoms with Gasteiger partial charge in [0.1, 0.15) is 0 Å². The number of amides is 1. The molecule has 0 saturated carbocycles. The smallest absolute Gasteiger partial charge is 0.243 e. The number of para-hydroxylation sites is 1. The molecule has 8 heteroatoms. The summed E-state index contributed by atoms with van der Waals surface area (Å²) < 4.78 is 27.2. The number of nitrogens with zero attached hydrogens (tertiary/aromatic N) is 2. The quantitative estimate of drug-likeness (QED) is 0.627. The highest BCUT2D eigenvalue weighted by Gasteiger charge is 2.33. The first-order valence-electron chi connectivity index (χ1n) is 10.2. The summed E-state index contributed by atoms with van der Waals surface area (Å²) in [6, 6.07) is 16.2. The van der Waals surface area contributed by atoms with Gasteiger partial charge in [0.25, 0.3) is 0 Å². The van der Waals surface area contributed by atoms with Gasteiger partial charge in [0.05, 0.1) is 10.8 Å². The van der Waals surface area contributed by atoms with Gasteiger partial charge in [-0.15, -0.1) is 0 Å². The van der Waals surface area contributed by atoms with E-state index < -0.39 is 10.0 Å². The molecule has 1 amide bonds. The number of hydrogen-bond acceptors (Lipinski definition) is 4. The lowest BCUT2D eigenvalue weighted by molar-refractivity contribution is -0.126. The van der Waals surface area contributed by atoms with E-state index in [1.807, 2.05) is 25.2 Å². The SMILES string of the molecule is CN(CCCNC(=O)C1CCCN(S(=O)(=O)c2ccc(Cl)cc2)C1)c1ccccc1. The minimum Gasteiger partial charge on any atom is -0.375 e. The molecule has 0 radical (unpaired) electrons. The van der Waals surface area contributed by atoms with Gasteiger partial charge in [0.15, 0.2) is 0 Å². The molecule has 0 aliphatic carbocycles. The maximum absolute atomic E-state index is 12.9. The summed E-state index contributed by atoms with van der Waals surface area (Å²) in [5.74, 6) is -0.402. The van der Waals surface area contributed by atoms with Gasteiger partial charge in [0, 0.05) is 43.9 Å². The van der Waals surface area contributed by atoms with Crippen molar-refractivity contribution < 1.29 is 13.2 Å². The number of anilines is 1. The van der Waals surface area contributed by atoms with Crippen LogP contribution in [0.25, 0.3) is 0 Å². The van der Waals surface area contributed by atoms with Gasteiger partial charge in [-0.05, 0) is 55.7 Å². The van der Waals surface area contributed by atoms with Crippen molar-refractivity contribution in [2.45, 2.75) is 24.2 Å². The second-order valence-corrected chi connectivity index (χ2v) is 9.93. The summed E-state index contributed by atoms with van der Waals surface area (Å²) in [4.78, 5) is 15.0. The molecule has 1 unspecified atom stereocenters. The summed E-state index contributed by atoms with van der Waals surface area (Å²) in [7, 11) is -1.60. The number of halogens is 1. The molecule has 1 fully saturated rings. The Kier molecular flexibility index (Phi) is 7.75. The third-order valence-corrected chi connectivity index (χ3v) is 7.50. The zero-order valence-electron chi connectivity index (χ0n) is 17.1. The second-order valence-electron chi connectivity index (χ2n) is 7.56. The maximum atomic E-state index is 12.9. The Labute approximate surface area is 183 Å². The van der Waals surface area contributed by atoms with E-state index >= 15 is 0 Å². The van der Waals surface area contributed by atoms with Gasteiger partial charge < -0.3 is 10.2 Å². The minimum atomic E-state index is -3.62. The van der Waals surface area contributed by atoms with E-state index in [-0.39, 0.29) is 23.3 Å². The Morgan fingerprint density at radius 1 is 1.17 bits per heavy atom. The highest BCUT2D eigenvalue weighted by Crippen LogP contribution is 2.25. The van der Waals surface area contributed by atoms with Crippen molar-refractivity contribution in [3.63, 3.8) is 0 Å². The maximum Gasteiger partial charge on any atom is 0.243 e. The highest BCUT2D eigenvalue weighted by molar-refractivity contribution is 7.89. The number of carbonyl (C=O) groups is 1. The van der Waals surface area contributed by atoms with Gasteiger partial charge in [-0.2, -0.15) is 4.31 Å². The van der Waals surface area contributed by atoms with Crippen LogP contribution in [0, 0.1) is 5.92 Å². The van der Waals surface area contributed by atoms with Gasteiger partial charge in [0.2, 0.25) is 15.9 Å². The molecule has 3 rings (SSSR count). The number of rotatable bonds is 8. The van der Waals surface area contributed by atoms with E-state index in [9.17, 15) is 13.2 Å². The van der Waals surface area contributed by atoms with Crippen molar-refractivity contribution in [1.82, 2.24) is 9.62 Å². The Morgan fingerprint density at radius 3 is 2.57 bits per heavy atom. The molecular weight excluding hydrogens is 422 g/mol. The van der Waals surface area contributed by atoms with Crippen LogP contribution in [0.1, 0.15) is 19.3 Å². The van der Waals surface area contributed by atoms with Crippen molar-refractivity contribution in [3.8, 4) is 0 Å². The molecular formula is C22H28ClN3O3S. The summed E-state index contributed by atoms with van der Waals surface area (Å²) >= 11 is 5.86. The average Bonchev–Trinajstić information content (AvgIpc) is 2.77. The number of nitrogens with one attached hydrogen (secondary N) is 1. The number of piperidine rings is 1. The molecule has 162 valence electrons. The van der Waals surface area contributed by atoms with Crippen molar-refractivity contribution in [2.24, 2.45) is 5.92 Å². The van der Waals surface area contributed by atoms with Crippen LogP contribution in [0.2, 0.25) is 5.02 Å². The molecule has 6 nitrogen and oxygen atoms in total. The Hall–Kier alpha value is -2.09. The molecule has 0 bridgehead atoms. The summed E-state index contributed by atoms with van der Waals surface area (Å²) in [6.45, 7) is 2.03. The molecule has 1 N–H and O–H groups in total. The van der Waals surface area contributed by atoms with Gasteiger partial charge in [-0.25, -0.2) is 8.42 Å². The van der Waals surface area contributed by atoms with E-state index in [2.05, 4.69) is 22.3 Å². The molecule has 1 saturated heterocycles. The Bertz CT molecular complexity index is 936. The zero-order valence-corrected chi connectivity index (χ0v) is 18.7. The standard InChI is InChI=1S/C22H28ClN3O3S/c1-25(20-8-3-2-4-9-20)15-6-14-24-22(27)18-7-5-16-26(17-18)30(28,29)21-12-10-19(23)11-13-21/h2-4,8-13,18H,5-7,14-17H2,1H3,(H,24,27). The summed E-state index contributed by atoms with van der Waals surface area (Å²) in [6.07, 6.45) is 2.18. The lowest BCUT2D eigenvalue weighted by atomic mass is 9.99. The molecule has 30 heavy (non-hydrogen) atoms. The first kappa shape index (κ1) is 22.6. The van der Waals surface area contributed by atoms with E-state index in [0.29, 0.717) is 31.0 Å². The van der Waals surface area contributed by atoms with Gasteiger partial charge in [-0.1, -0.05) is 29.8 Å². The van der Waals surface area contributed by atoms with Crippen molar-refractivity contribution in [3.05, 3.63) is 59.6 Å². The second kappa shape index (κ2) is 10.3. The van der Waals surface area contributed by atoms with E-state index in [0.717, 1.165) is 18.7 Å². The molecule has 1 aliphatic rings. The van der Waals surface area contributed by atoms with Crippen LogP contribution in [0.3, 0.4) is 0 Å².